The largest absolute Gasteiger partial charge is 0.0917 e. The number of hydrogen-bond acceptors (Lipinski definition) is 0. The fourth-order valence-corrected chi connectivity index (χ4v) is 7.87. The van der Waals surface area contributed by atoms with Crippen molar-refractivity contribution < 1.29 is 0 Å². The Morgan fingerprint density at radius 2 is 0.439 bits per heavy atom. The van der Waals surface area contributed by atoms with Crippen molar-refractivity contribution in [2.45, 2.75) is 222 Å². The van der Waals surface area contributed by atoms with Crippen LogP contribution >= 0.6 is 0 Å². The molecule has 0 saturated heterocycles. The third kappa shape index (κ3) is 34.2. The van der Waals surface area contributed by atoms with Crippen molar-refractivity contribution >= 4 is 0 Å². The Kier molecular flexibility index (Phi) is 40.5. The van der Waals surface area contributed by atoms with E-state index in [9.17, 15) is 0 Å². The summed E-state index contributed by atoms with van der Waals surface area (Å²) in [5, 5.41) is 0. The van der Waals surface area contributed by atoms with Gasteiger partial charge in [-0.3, -0.25) is 0 Å². The van der Waals surface area contributed by atoms with Crippen molar-refractivity contribution in [3.63, 3.8) is 0 Å². The molecule has 0 unspecified atom stereocenters. The maximum atomic E-state index is 2.32. The van der Waals surface area contributed by atoms with E-state index in [1.165, 1.54) is 179 Å². The predicted octanol–water partition coefficient (Wildman–Crippen LogP) is 20.5. The zero-order valence-corrected chi connectivity index (χ0v) is 44.2. The summed E-state index contributed by atoms with van der Waals surface area (Å²) < 4.78 is 0. The van der Waals surface area contributed by atoms with Crippen molar-refractivity contribution in [2.75, 3.05) is 0 Å². The van der Waals surface area contributed by atoms with Gasteiger partial charge in [-0.25, -0.2) is 0 Å². The smallest absolute Gasteiger partial charge is 0.0244 e. The molecular weight excluding hydrogens is 793 g/mol. The van der Waals surface area contributed by atoms with Gasteiger partial charge in [0.05, 0.1) is 0 Å². The number of rotatable bonds is 30. The Labute approximate surface area is 410 Å². The molecule has 0 atom stereocenters. The first-order valence-electron chi connectivity index (χ1n) is 27.2. The minimum absolute atomic E-state index is 1.16. The monoisotopic (exact) mass is 893 g/mol. The maximum Gasteiger partial charge on any atom is -0.0244 e. The van der Waals surface area contributed by atoms with Gasteiger partial charge in [-0.1, -0.05) is 244 Å². The number of allylic oxidation sites excluding steroid dienone is 8. The summed E-state index contributed by atoms with van der Waals surface area (Å²) in [6.45, 7) is 17.3. The highest BCUT2D eigenvalue weighted by Gasteiger charge is 1.99. The van der Waals surface area contributed by atoms with Gasteiger partial charge < -0.3 is 0 Å². The third-order valence-electron chi connectivity index (χ3n) is 12.2. The minimum Gasteiger partial charge on any atom is -0.0917 e. The molecule has 0 aromatic heterocycles. The zero-order valence-electron chi connectivity index (χ0n) is 44.2. The molecule has 66 heavy (non-hydrogen) atoms. The lowest BCUT2D eigenvalue weighted by molar-refractivity contribution is 0.607. The van der Waals surface area contributed by atoms with E-state index in [1.807, 2.05) is 0 Å². The van der Waals surface area contributed by atoms with Crippen LogP contribution in [0.1, 0.15) is 215 Å². The molecule has 0 saturated carbocycles. The molecule has 0 amide bonds. The van der Waals surface area contributed by atoms with E-state index in [0.29, 0.717) is 0 Å². The molecule has 0 nitrogen and oxygen atoms in total. The molecule has 0 aliphatic rings. The molecule has 0 radical (unpaired) electrons. The van der Waals surface area contributed by atoms with E-state index < -0.39 is 0 Å². The summed E-state index contributed by atoms with van der Waals surface area (Å²) in [7, 11) is 0. The molecule has 0 bridgehead atoms. The van der Waals surface area contributed by atoms with E-state index in [0.717, 1.165) is 32.1 Å². The zero-order chi connectivity index (χ0) is 48.0. The van der Waals surface area contributed by atoms with Crippen molar-refractivity contribution in [2.24, 2.45) is 0 Å². The van der Waals surface area contributed by atoms with Crippen LogP contribution in [0.2, 0.25) is 0 Å². The van der Waals surface area contributed by atoms with E-state index in [4.69, 9.17) is 0 Å². The lowest BCUT2D eigenvalue weighted by Crippen LogP contribution is -1.88. The van der Waals surface area contributed by atoms with Gasteiger partial charge in [0.15, 0.2) is 0 Å². The molecule has 4 aromatic carbocycles. The highest BCUT2D eigenvalue weighted by molar-refractivity contribution is 5.25. The second-order valence-electron chi connectivity index (χ2n) is 18.2. The van der Waals surface area contributed by atoms with Gasteiger partial charge in [-0.2, -0.15) is 0 Å². The molecule has 0 heterocycles. The molecule has 4 rings (SSSR count). The van der Waals surface area contributed by atoms with Crippen molar-refractivity contribution in [3.05, 3.63) is 190 Å². The lowest BCUT2D eigenvalue weighted by Gasteiger charge is -2.04. The Morgan fingerprint density at radius 1 is 0.227 bits per heavy atom. The summed E-state index contributed by atoms with van der Waals surface area (Å²) in [4.78, 5) is 0. The van der Waals surface area contributed by atoms with Crippen LogP contribution in [-0.2, 0) is 51.4 Å². The maximum absolute atomic E-state index is 2.32. The fraction of sp³-hybridized carbons (Fsp3) is 0.515. The summed E-state index contributed by atoms with van der Waals surface area (Å²) >= 11 is 0. The summed E-state index contributed by atoms with van der Waals surface area (Å²) in [5.41, 5.74) is 11.8. The number of benzene rings is 4. The van der Waals surface area contributed by atoms with Crippen LogP contribution in [0.3, 0.4) is 0 Å². The van der Waals surface area contributed by atoms with Gasteiger partial charge >= 0.3 is 0 Å². The molecule has 0 aliphatic heterocycles. The highest BCUT2D eigenvalue weighted by Crippen LogP contribution is 2.15. The van der Waals surface area contributed by atoms with Crippen LogP contribution in [-0.4, -0.2) is 0 Å². The first-order chi connectivity index (χ1) is 32.5. The van der Waals surface area contributed by atoms with Crippen LogP contribution in [0.25, 0.3) is 0 Å². The van der Waals surface area contributed by atoms with Crippen LogP contribution in [0.15, 0.2) is 146 Å². The van der Waals surface area contributed by atoms with Gasteiger partial charge in [0, 0.05) is 0 Å². The van der Waals surface area contributed by atoms with E-state index >= 15 is 0 Å². The summed E-state index contributed by atoms with van der Waals surface area (Å²) in [6.07, 6.45) is 50.6. The van der Waals surface area contributed by atoms with Gasteiger partial charge in [0.25, 0.3) is 0 Å². The number of unbranched alkanes of at least 4 members (excludes halogenated alkanes) is 10. The minimum atomic E-state index is 1.16. The quantitative estimate of drug-likeness (QED) is 0.0361. The summed E-state index contributed by atoms with van der Waals surface area (Å²) in [5.74, 6) is 0. The molecule has 0 fully saturated rings. The Hall–Kier alpha value is -4.16. The predicted molar refractivity (Wildman–Crippen MR) is 300 cm³/mol. The third-order valence-corrected chi connectivity index (χ3v) is 12.2. The number of hydrogen-bond donors (Lipinski definition) is 0. The Balaban J connectivity index is 0.000000443. The second kappa shape index (κ2) is 44.7. The van der Waals surface area contributed by atoms with Crippen LogP contribution < -0.4 is 0 Å². The Bertz CT molecular complexity index is 1730. The molecule has 0 N–H and O–H groups in total. The fourth-order valence-electron chi connectivity index (χ4n) is 7.87. The standard InChI is InChI=1S/C19H30.C18H28.C15H22.C14H20/c1-3-5-7-8-9-11-13-19-16-14-18(15-17-19)12-10-6-4-2;1-3-5-7-8-10-12-18-15-13-17(14-16-18)11-9-6-4-2;1-3-5-7-9-15-12-10-14(11-13-15)8-6-4-2;1-3-5-6-8-14-11-9-13(7-4-2)10-12-14/h4,6,14-17H,3,5,7-13H2,1-2H3;4,6,13-16H,3,5,7-12H2,1-2H3;3,5,10-13H,4,6-9H2,1-2H3;3,5,9-12H,4,6-8H2,1-2H3/b2*6-4+;2*5-3+. The van der Waals surface area contributed by atoms with Gasteiger partial charge in [-0.15, -0.1) is 0 Å². The lowest BCUT2D eigenvalue weighted by atomic mass is 10.0. The van der Waals surface area contributed by atoms with Gasteiger partial charge in [0.2, 0.25) is 0 Å². The Morgan fingerprint density at radius 3 is 0.682 bits per heavy atom. The first-order valence-corrected chi connectivity index (χ1v) is 27.2. The normalized spacial score (nSPS) is 11.2. The average Bonchev–Trinajstić information content (AvgIpc) is 3.35. The van der Waals surface area contributed by atoms with Crippen molar-refractivity contribution in [1.29, 1.82) is 0 Å². The topological polar surface area (TPSA) is 0 Å². The van der Waals surface area contributed by atoms with Gasteiger partial charge in [0.1, 0.15) is 0 Å². The molecule has 364 valence electrons. The van der Waals surface area contributed by atoms with E-state index in [2.05, 4.69) is 201 Å². The average molecular weight is 894 g/mol. The molecule has 0 heteroatoms. The first kappa shape index (κ1) is 59.9. The second-order valence-corrected chi connectivity index (χ2v) is 18.2. The van der Waals surface area contributed by atoms with Crippen LogP contribution in [0.5, 0.6) is 0 Å². The van der Waals surface area contributed by atoms with Crippen molar-refractivity contribution in [1.82, 2.24) is 0 Å². The SMILES string of the molecule is C/C=C/CCc1ccc(CCC)cc1.C/C=C/CCc1ccc(CCCC)cc1.C/C=C/CCc1ccc(CCCCCCC)cc1.C/C=C/CCc1ccc(CCCCCCCC)cc1. The van der Waals surface area contributed by atoms with Gasteiger partial charge in [-0.05, 0) is 169 Å². The molecular formula is C66H100. The van der Waals surface area contributed by atoms with E-state index in [1.54, 1.807) is 0 Å². The molecule has 0 aliphatic carbocycles. The molecule has 0 spiro atoms. The molecule has 4 aromatic rings. The highest BCUT2D eigenvalue weighted by atomic mass is 14.0. The van der Waals surface area contributed by atoms with E-state index in [-0.39, 0.29) is 0 Å². The summed E-state index contributed by atoms with van der Waals surface area (Å²) in [6, 6.07) is 36.6. The van der Waals surface area contributed by atoms with Crippen molar-refractivity contribution in [3.8, 4) is 0 Å². The van der Waals surface area contributed by atoms with Crippen LogP contribution in [0, 0.1) is 0 Å². The van der Waals surface area contributed by atoms with Crippen LogP contribution in [0.4, 0.5) is 0 Å². The number of aryl methyl sites for hydroxylation is 8.